The molecule has 0 N–H and O–H groups in total. The summed E-state index contributed by atoms with van der Waals surface area (Å²) in [5.74, 6) is 0.0548. The lowest BCUT2D eigenvalue weighted by Gasteiger charge is -2.20. The molecule has 1 aromatic carbocycles. The fraction of sp³-hybridized carbons (Fsp3) is 0.389. The Balaban J connectivity index is 1.74. The molecule has 0 bridgehead atoms. The molecule has 2 aromatic heterocycles. The molecule has 1 amide bonds. The normalized spacial score (nSPS) is 15.8. The summed E-state index contributed by atoms with van der Waals surface area (Å²) >= 11 is 0. The van der Waals surface area contributed by atoms with Crippen LogP contribution in [-0.4, -0.2) is 33.7 Å². The number of carbonyl (C=O) groups is 1. The molecule has 1 aliphatic rings. The Morgan fingerprint density at radius 1 is 1.08 bits per heavy atom. The van der Waals surface area contributed by atoms with Crippen LogP contribution < -0.4 is 5.63 Å². The standard InChI is InChI=1S/C18H19N3O3/c22-16(20-9-5-1-2-6-10-20)12-21-17-13-7-3-4-8-15(13)24-18(23)14(17)11-19-21/h3-4,7-8,11H,1-2,5-6,9-10,12H2. The first-order valence-electron chi connectivity index (χ1n) is 8.39. The summed E-state index contributed by atoms with van der Waals surface area (Å²) in [6, 6.07) is 7.34. The topological polar surface area (TPSA) is 68.3 Å². The zero-order chi connectivity index (χ0) is 16.5. The Morgan fingerprint density at radius 2 is 1.83 bits per heavy atom. The molecule has 4 rings (SSSR count). The third-order valence-electron chi connectivity index (χ3n) is 4.65. The Morgan fingerprint density at radius 3 is 2.62 bits per heavy atom. The van der Waals surface area contributed by atoms with Gasteiger partial charge in [-0.05, 0) is 25.0 Å². The number of likely N-dealkylation sites (tertiary alicyclic amines) is 1. The third kappa shape index (κ3) is 2.58. The number of hydrogen-bond donors (Lipinski definition) is 0. The van der Waals surface area contributed by atoms with E-state index in [1.165, 1.54) is 19.0 Å². The molecule has 1 fully saturated rings. The first-order chi connectivity index (χ1) is 11.7. The van der Waals surface area contributed by atoms with Crippen LogP contribution in [0.15, 0.2) is 39.7 Å². The highest BCUT2D eigenvalue weighted by Crippen LogP contribution is 2.22. The zero-order valence-electron chi connectivity index (χ0n) is 13.4. The molecule has 24 heavy (non-hydrogen) atoms. The number of para-hydroxylation sites is 1. The van der Waals surface area contributed by atoms with Crippen molar-refractivity contribution in [3.8, 4) is 0 Å². The molecular formula is C18H19N3O3. The molecule has 0 spiro atoms. The van der Waals surface area contributed by atoms with Crippen molar-refractivity contribution in [1.29, 1.82) is 0 Å². The minimum Gasteiger partial charge on any atom is -0.422 e. The van der Waals surface area contributed by atoms with Crippen LogP contribution in [0.1, 0.15) is 25.7 Å². The number of benzene rings is 1. The Labute approximate surface area is 138 Å². The van der Waals surface area contributed by atoms with E-state index in [1.807, 2.05) is 23.1 Å². The minimum absolute atomic E-state index is 0.0548. The van der Waals surface area contributed by atoms with Gasteiger partial charge in [-0.3, -0.25) is 9.48 Å². The van der Waals surface area contributed by atoms with Gasteiger partial charge in [0.25, 0.3) is 0 Å². The summed E-state index contributed by atoms with van der Waals surface area (Å²) in [5.41, 5.74) is 0.765. The number of fused-ring (bicyclic) bond motifs is 3. The quantitative estimate of drug-likeness (QED) is 0.679. The van der Waals surface area contributed by atoms with Crippen molar-refractivity contribution in [3.05, 3.63) is 40.9 Å². The number of nitrogens with zero attached hydrogens (tertiary/aromatic N) is 3. The molecule has 0 aliphatic carbocycles. The monoisotopic (exact) mass is 325 g/mol. The van der Waals surface area contributed by atoms with Gasteiger partial charge in [-0.25, -0.2) is 4.79 Å². The van der Waals surface area contributed by atoms with Crippen LogP contribution in [0.4, 0.5) is 0 Å². The van der Waals surface area contributed by atoms with Crippen molar-refractivity contribution in [2.24, 2.45) is 0 Å². The molecule has 0 saturated carbocycles. The van der Waals surface area contributed by atoms with Crippen LogP contribution >= 0.6 is 0 Å². The van der Waals surface area contributed by atoms with Gasteiger partial charge in [0.1, 0.15) is 17.5 Å². The van der Waals surface area contributed by atoms with Crippen molar-refractivity contribution < 1.29 is 9.21 Å². The van der Waals surface area contributed by atoms with Crippen molar-refractivity contribution in [1.82, 2.24) is 14.7 Å². The maximum Gasteiger partial charge on any atom is 0.347 e. The van der Waals surface area contributed by atoms with Gasteiger partial charge in [-0.15, -0.1) is 0 Å². The molecule has 3 heterocycles. The van der Waals surface area contributed by atoms with Gasteiger partial charge in [0.2, 0.25) is 5.91 Å². The lowest BCUT2D eigenvalue weighted by Crippen LogP contribution is -2.34. The number of aromatic nitrogens is 2. The molecule has 6 nitrogen and oxygen atoms in total. The highest BCUT2D eigenvalue weighted by Gasteiger charge is 2.19. The van der Waals surface area contributed by atoms with Crippen LogP contribution in [0.25, 0.3) is 21.9 Å². The largest absolute Gasteiger partial charge is 0.422 e. The van der Waals surface area contributed by atoms with E-state index in [4.69, 9.17) is 4.42 Å². The second kappa shape index (κ2) is 6.11. The second-order valence-corrected chi connectivity index (χ2v) is 6.25. The first kappa shape index (κ1) is 14.9. The van der Waals surface area contributed by atoms with E-state index in [2.05, 4.69) is 5.10 Å². The van der Waals surface area contributed by atoms with Crippen molar-refractivity contribution in [2.45, 2.75) is 32.2 Å². The SMILES string of the molecule is O=C(Cn1ncc2c(=O)oc3ccccc3c21)N1CCCCCC1. The van der Waals surface area contributed by atoms with Gasteiger partial charge in [-0.2, -0.15) is 5.10 Å². The smallest absolute Gasteiger partial charge is 0.347 e. The van der Waals surface area contributed by atoms with Crippen molar-refractivity contribution in [2.75, 3.05) is 13.1 Å². The van der Waals surface area contributed by atoms with E-state index < -0.39 is 5.63 Å². The maximum atomic E-state index is 12.6. The molecule has 0 unspecified atom stereocenters. The third-order valence-corrected chi connectivity index (χ3v) is 4.65. The van der Waals surface area contributed by atoms with E-state index in [1.54, 1.807) is 10.7 Å². The molecule has 1 saturated heterocycles. The van der Waals surface area contributed by atoms with E-state index in [0.29, 0.717) is 16.5 Å². The van der Waals surface area contributed by atoms with Gasteiger partial charge < -0.3 is 9.32 Å². The lowest BCUT2D eigenvalue weighted by atomic mass is 10.2. The van der Waals surface area contributed by atoms with E-state index >= 15 is 0 Å². The van der Waals surface area contributed by atoms with Gasteiger partial charge in [0.15, 0.2) is 0 Å². The zero-order valence-corrected chi connectivity index (χ0v) is 13.4. The van der Waals surface area contributed by atoms with E-state index in [0.717, 1.165) is 31.3 Å². The molecular weight excluding hydrogens is 306 g/mol. The predicted octanol–water partition coefficient (Wildman–Crippen LogP) is 2.55. The van der Waals surface area contributed by atoms with Gasteiger partial charge >= 0.3 is 5.63 Å². The van der Waals surface area contributed by atoms with E-state index in [9.17, 15) is 9.59 Å². The molecule has 6 heteroatoms. The first-order valence-corrected chi connectivity index (χ1v) is 8.39. The van der Waals surface area contributed by atoms with E-state index in [-0.39, 0.29) is 12.5 Å². The number of hydrogen-bond acceptors (Lipinski definition) is 4. The van der Waals surface area contributed by atoms with Crippen LogP contribution in [0.2, 0.25) is 0 Å². The highest BCUT2D eigenvalue weighted by molar-refractivity contribution is 6.02. The van der Waals surface area contributed by atoms with Gasteiger partial charge in [-0.1, -0.05) is 25.0 Å². The summed E-state index contributed by atoms with van der Waals surface area (Å²) in [6.07, 6.45) is 5.96. The fourth-order valence-electron chi connectivity index (χ4n) is 3.39. The number of rotatable bonds is 2. The lowest BCUT2D eigenvalue weighted by molar-refractivity contribution is -0.131. The van der Waals surface area contributed by atoms with Crippen molar-refractivity contribution >= 4 is 27.8 Å². The Bertz CT molecular complexity index is 949. The summed E-state index contributed by atoms with van der Waals surface area (Å²) < 4.78 is 6.95. The number of carbonyl (C=O) groups excluding carboxylic acids is 1. The minimum atomic E-state index is -0.419. The molecule has 0 atom stereocenters. The van der Waals surface area contributed by atoms with Crippen LogP contribution in [0, 0.1) is 0 Å². The fourth-order valence-corrected chi connectivity index (χ4v) is 3.39. The maximum absolute atomic E-state index is 12.6. The van der Waals surface area contributed by atoms with Crippen LogP contribution in [0.5, 0.6) is 0 Å². The van der Waals surface area contributed by atoms with Gasteiger partial charge in [0, 0.05) is 18.5 Å². The van der Waals surface area contributed by atoms with Gasteiger partial charge in [0.05, 0.1) is 11.7 Å². The second-order valence-electron chi connectivity index (χ2n) is 6.25. The molecule has 1 aliphatic heterocycles. The summed E-state index contributed by atoms with van der Waals surface area (Å²) in [6.45, 7) is 1.76. The summed E-state index contributed by atoms with van der Waals surface area (Å²) in [7, 11) is 0. The highest BCUT2D eigenvalue weighted by atomic mass is 16.4. The predicted molar refractivity (Wildman–Crippen MR) is 90.8 cm³/mol. The Hall–Kier alpha value is -2.63. The number of amides is 1. The molecule has 0 radical (unpaired) electrons. The summed E-state index contributed by atoms with van der Waals surface area (Å²) in [4.78, 5) is 26.7. The van der Waals surface area contributed by atoms with Crippen LogP contribution in [-0.2, 0) is 11.3 Å². The average molecular weight is 325 g/mol. The van der Waals surface area contributed by atoms with Crippen LogP contribution in [0.3, 0.4) is 0 Å². The summed E-state index contributed by atoms with van der Waals surface area (Å²) in [5, 5.41) is 5.49. The molecule has 3 aromatic rings. The Kier molecular flexibility index (Phi) is 3.80. The van der Waals surface area contributed by atoms with Crippen molar-refractivity contribution in [3.63, 3.8) is 0 Å². The molecule has 124 valence electrons. The average Bonchev–Trinajstić information content (AvgIpc) is 2.82.